The number of carbonyl (C=O) groups is 1. The summed E-state index contributed by atoms with van der Waals surface area (Å²) >= 11 is 0. The molecule has 2 nitrogen and oxygen atoms in total. The van der Waals surface area contributed by atoms with E-state index in [-0.39, 0.29) is 11.9 Å². The van der Waals surface area contributed by atoms with Crippen LogP contribution in [-0.2, 0) is 4.79 Å². The Morgan fingerprint density at radius 2 is 2.12 bits per heavy atom. The number of rotatable bonds is 2. The van der Waals surface area contributed by atoms with Gasteiger partial charge in [-0.15, -0.1) is 0 Å². The summed E-state index contributed by atoms with van der Waals surface area (Å²) < 4.78 is 0. The van der Waals surface area contributed by atoms with Crippen molar-refractivity contribution in [2.75, 3.05) is 6.54 Å². The van der Waals surface area contributed by atoms with Crippen LogP contribution in [0.1, 0.15) is 24.9 Å². The zero-order valence-electron chi connectivity index (χ0n) is 9.60. The van der Waals surface area contributed by atoms with Gasteiger partial charge in [-0.25, -0.2) is 0 Å². The highest BCUT2D eigenvalue weighted by molar-refractivity contribution is 5.87. The molecular weight excluding hydrogens is 198 g/mol. The molecule has 2 heteroatoms. The van der Waals surface area contributed by atoms with Gasteiger partial charge in [0.2, 0.25) is 5.91 Å². The van der Waals surface area contributed by atoms with Crippen molar-refractivity contribution in [1.82, 2.24) is 4.90 Å². The summed E-state index contributed by atoms with van der Waals surface area (Å²) in [6, 6.07) is 10.5. The summed E-state index contributed by atoms with van der Waals surface area (Å²) in [5, 5.41) is 0. The second-order valence-electron chi connectivity index (χ2n) is 4.36. The van der Waals surface area contributed by atoms with Crippen molar-refractivity contribution in [3.63, 3.8) is 0 Å². The molecule has 1 aliphatic rings. The highest BCUT2D eigenvalue weighted by atomic mass is 16.2. The topological polar surface area (TPSA) is 20.3 Å². The third-order valence-corrected chi connectivity index (χ3v) is 3.30. The quantitative estimate of drug-likeness (QED) is 0.695. The molecule has 1 saturated heterocycles. The van der Waals surface area contributed by atoms with Gasteiger partial charge in [0.25, 0.3) is 0 Å². The van der Waals surface area contributed by atoms with Crippen LogP contribution in [0.5, 0.6) is 0 Å². The molecule has 84 valence electrons. The summed E-state index contributed by atoms with van der Waals surface area (Å²) in [4.78, 5) is 13.7. The maximum atomic E-state index is 11.8. The van der Waals surface area contributed by atoms with Gasteiger partial charge >= 0.3 is 0 Å². The third kappa shape index (κ3) is 1.87. The summed E-state index contributed by atoms with van der Waals surface area (Å²) in [6.45, 7) is 6.61. The van der Waals surface area contributed by atoms with E-state index in [1.807, 2.05) is 23.1 Å². The molecule has 0 N–H and O–H groups in total. The smallest absolute Gasteiger partial charge is 0.246 e. The number of likely N-dealkylation sites (tertiary alicyclic amines) is 1. The summed E-state index contributed by atoms with van der Waals surface area (Å²) in [5.74, 6) is 0.560. The van der Waals surface area contributed by atoms with Gasteiger partial charge in [0.1, 0.15) is 0 Å². The van der Waals surface area contributed by atoms with Gasteiger partial charge in [0, 0.05) is 6.54 Å². The second kappa shape index (κ2) is 4.52. The molecule has 0 saturated carbocycles. The van der Waals surface area contributed by atoms with Gasteiger partial charge in [0.15, 0.2) is 0 Å². The van der Waals surface area contributed by atoms with Crippen LogP contribution in [0.3, 0.4) is 0 Å². The van der Waals surface area contributed by atoms with E-state index in [0.29, 0.717) is 5.92 Å². The van der Waals surface area contributed by atoms with Crippen LogP contribution < -0.4 is 0 Å². The number of benzene rings is 1. The minimum absolute atomic E-state index is 0.0400. The Balaban J connectivity index is 2.29. The predicted octanol–water partition coefficient (Wildman–Crippen LogP) is 2.78. The van der Waals surface area contributed by atoms with Gasteiger partial charge in [0.05, 0.1) is 6.04 Å². The van der Waals surface area contributed by atoms with E-state index >= 15 is 0 Å². The first-order valence-electron chi connectivity index (χ1n) is 5.72. The normalized spacial score (nSPS) is 24.4. The third-order valence-electron chi connectivity index (χ3n) is 3.30. The standard InChI is InChI=1S/C14H17NO/c1-3-13(16)15-10-9-11(2)14(15)12-7-5-4-6-8-12/h3-8,11,14H,1,9-10H2,2H3. The fourth-order valence-electron chi connectivity index (χ4n) is 2.47. The minimum Gasteiger partial charge on any atom is -0.332 e. The van der Waals surface area contributed by atoms with E-state index in [1.54, 1.807) is 0 Å². The molecule has 1 aliphatic heterocycles. The molecular formula is C14H17NO. The first-order valence-corrected chi connectivity index (χ1v) is 5.72. The van der Waals surface area contributed by atoms with Gasteiger partial charge in [-0.1, -0.05) is 43.8 Å². The van der Waals surface area contributed by atoms with Crippen molar-refractivity contribution in [3.05, 3.63) is 48.6 Å². The van der Waals surface area contributed by atoms with Gasteiger partial charge in [-0.3, -0.25) is 4.79 Å². The molecule has 1 heterocycles. The Bertz CT molecular complexity index is 385. The van der Waals surface area contributed by atoms with Crippen LogP contribution >= 0.6 is 0 Å². The Morgan fingerprint density at radius 1 is 1.44 bits per heavy atom. The van der Waals surface area contributed by atoms with Crippen LogP contribution in [-0.4, -0.2) is 17.4 Å². The van der Waals surface area contributed by atoms with E-state index in [4.69, 9.17) is 0 Å². The van der Waals surface area contributed by atoms with Crippen LogP contribution in [0.4, 0.5) is 0 Å². The average Bonchev–Trinajstić information content (AvgIpc) is 2.71. The molecule has 2 unspecified atom stereocenters. The molecule has 2 rings (SSSR count). The SMILES string of the molecule is C=CC(=O)N1CCC(C)C1c1ccccc1. The fraction of sp³-hybridized carbons (Fsp3) is 0.357. The molecule has 16 heavy (non-hydrogen) atoms. The van der Waals surface area contributed by atoms with E-state index in [1.165, 1.54) is 11.6 Å². The van der Waals surface area contributed by atoms with Crippen molar-refractivity contribution < 1.29 is 4.79 Å². The molecule has 0 aromatic heterocycles. The average molecular weight is 215 g/mol. The summed E-state index contributed by atoms with van der Waals surface area (Å²) in [6.07, 6.45) is 2.48. The number of nitrogens with zero attached hydrogens (tertiary/aromatic N) is 1. The molecule has 2 atom stereocenters. The Labute approximate surface area is 96.6 Å². The Kier molecular flexibility index (Phi) is 3.09. The second-order valence-corrected chi connectivity index (χ2v) is 4.36. The van der Waals surface area contributed by atoms with Crippen molar-refractivity contribution in [1.29, 1.82) is 0 Å². The van der Waals surface area contributed by atoms with E-state index in [9.17, 15) is 4.79 Å². The van der Waals surface area contributed by atoms with Crippen LogP contribution in [0.2, 0.25) is 0 Å². The number of amides is 1. The van der Waals surface area contributed by atoms with Crippen LogP contribution in [0.15, 0.2) is 43.0 Å². The largest absolute Gasteiger partial charge is 0.332 e. The fourth-order valence-corrected chi connectivity index (χ4v) is 2.47. The number of hydrogen-bond donors (Lipinski definition) is 0. The van der Waals surface area contributed by atoms with Gasteiger partial charge in [-0.05, 0) is 24.0 Å². The molecule has 0 radical (unpaired) electrons. The molecule has 1 aromatic rings. The summed E-state index contributed by atoms with van der Waals surface area (Å²) in [5.41, 5.74) is 1.22. The van der Waals surface area contributed by atoms with E-state index in [0.717, 1.165) is 13.0 Å². The zero-order valence-corrected chi connectivity index (χ0v) is 9.60. The lowest BCUT2D eigenvalue weighted by molar-refractivity contribution is -0.127. The molecule has 1 amide bonds. The molecule has 0 aliphatic carbocycles. The van der Waals surface area contributed by atoms with Gasteiger partial charge < -0.3 is 4.90 Å². The van der Waals surface area contributed by atoms with Crippen molar-refractivity contribution in [2.24, 2.45) is 5.92 Å². The van der Waals surface area contributed by atoms with E-state index < -0.39 is 0 Å². The molecule has 1 aromatic carbocycles. The van der Waals surface area contributed by atoms with Crippen LogP contribution in [0, 0.1) is 5.92 Å². The highest BCUT2D eigenvalue weighted by Gasteiger charge is 2.34. The lowest BCUT2D eigenvalue weighted by Gasteiger charge is -2.26. The maximum Gasteiger partial charge on any atom is 0.246 e. The van der Waals surface area contributed by atoms with Gasteiger partial charge in [-0.2, -0.15) is 0 Å². The first-order chi connectivity index (χ1) is 7.74. The predicted molar refractivity (Wildman–Crippen MR) is 64.9 cm³/mol. The summed E-state index contributed by atoms with van der Waals surface area (Å²) in [7, 11) is 0. The molecule has 0 bridgehead atoms. The number of hydrogen-bond acceptors (Lipinski definition) is 1. The highest BCUT2D eigenvalue weighted by Crippen LogP contribution is 2.36. The van der Waals surface area contributed by atoms with Crippen molar-refractivity contribution in [2.45, 2.75) is 19.4 Å². The van der Waals surface area contributed by atoms with E-state index in [2.05, 4.69) is 25.6 Å². The van der Waals surface area contributed by atoms with Crippen molar-refractivity contribution in [3.8, 4) is 0 Å². The zero-order chi connectivity index (χ0) is 11.5. The Morgan fingerprint density at radius 3 is 2.75 bits per heavy atom. The Hall–Kier alpha value is -1.57. The van der Waals surface area contributed by atoms with Crippen LogP contribution in [0.25, 0.3) is 0 Å². The lowest BCUT2D eigenvalue weighted by atomic mass is 9.95. The first kappa shape index (κ1) is 10.9. The lowest BCUT2D eigenvalue weighted by Crippen LogP contribution is -2.30. The molecule has 0 spiro atoms. The minimum atomic E-state index is 0.0400. The number of carbonyl (C=O) groups excluding carboxylic acids is 1. The van der Waals surface area contributed by atoms with Crippen molar-refractivity contribution >= 4 is 5.91 Å². The molecule has 1 fully saturated rings. The maximum absolute atomic E-state index is 11.8. The monoisotopic (exact) mass is 215 g/mol.